The summed E-state index contributed by atoms with van der Waals surface area (Å²) in [4.78, 5) is 14.1. The van der Waals surface area contributed by atoms with Gasteiger partial charge in [-0.25, -0.2) is 4.79 Å². The molecule has 2 N–H and O–H groups in total. The van der Waals surface area contributed by atoms with Gasteiger partial charge >= 0.3 is 6.03 Å². The van der Waals surface area contributed by atoms with E-state index in [1.165, 1.54) is 0 Å². The van der Waals surface area contributed by atoms with E-state index in [1.807, 2.05) is 79.7 Å². The van der Waals surface area contributed by atoms with E-state index < -0.39 is 6.10 Å². The van der Waals surface area contributed by atoms with E-state index in [9.17, 15) is 9.90 Å². The highest BCUT2D eigenvalue weighted by atomic mass is 16.3. The number of amides is 2. The van der Waals surface area contributed by atoms with E-state index in [0.29, 0.717) is 0 Å². The van der Waals surface area contributed by atoms with E-state index >= 15 is 0 Å². The van der Waals surface area contributed by atoms with Crippen LogP contribution in [-0.4, -0.2) is 18.2 Å². The van der Waals surface area contributed by atoms with Gasteiger partial charge in [0.25, 0.3) is 0 Å². The van der Waals surface area contributed by atoms with E-state index in [4.69, 9.17) is 0 Å². The topological polar surface area (TPSA) is 52.6 Å². The molecule has 3 aromatic carbocycles. The molecule has 0 saturated heterocycles. The molecule has 2 unspecified atom stereocenters. The lowest BCUT2D eigenvalue weighted by Crippen LogP contribution is -2.45. The Morgan fingerprint density at radius 3 is 2.26 bits per heavy atom. The van der Waals surface area contributed by atoms with Gasteiger partial charge in [-0.1, -0.05) is 66.7 Å². The summed E-state index contributed by atoms with van der Waals surface area (Å²) in [6, 6.07) is 23.1. The molecule has 1 aliphatic rings. The summed E-state index contributed by atoms with van der Waals surface area (Å²) in [7, 11) is 1.77. The minimum Gasteiger partial charge on any atom is -0.384 e. The number of rotatable bonds is 3. The van der Waals surface area contributed by atoms with Crippen molar-refractivity contribution in [1.82, 2.24) is 5.32 Å². The summed E-state index contributed by atoms with van der Waals surface area (Å²) >= 11 is 0. The monoisotopic (exact) mass is 358 g/mol. The Labute approximate surface area is 159 Å². The average molecular weight is 358 g/mol. The average Bonchev–Trinajstić information content (AvgIpc) is 2.71. The second kappa shape index (κ2) is 6.89. The molecular formula is C23H22N2O2. The second-order valence-corrected chi connectivity index (χ2v) is 6.94. The van der Waals surface area contributed by atoms with Crippen molar-refractivity contribution in [1.29, 1.82) is 0 Å². The van der Waals surface area contributed by atoms with Crippen LogP contribution in [0.25, 0.3) is 0 Å². The number of aryl methyl sites for hydroxylation is 1. The van der Waals surface area contributed by atoms with E-state index in [1.54, 1.807) is 11.9 Å². The molecule has 3 aromatic rings. The summed E-state index contributed by atoms with van der Waals surface area (Å²) < 4.78 is 0. The molecule has 0 saturated carbocycles. The highest BCUT2D eigenvalue weighted by Crippen LogP contribution is 2.39. The standard InChI is InChI=1S/C23H22N2O2/c1-15-13-18(22(26)17-11-7-4-8-12-17)14-19-20(16-9-5-3-6-10-16)24-23(27)25(2)21(15)19/h3-14,20,22,26H,1-2H3,(H,24,27). The van der Waals surface area contributed by atoms with Gasteiger partial charge in [-0.15, -0.1) is 0 Å². The number of carbonyl (C=O) groups excluding carboxylic acids is 1. The maximum atomic E-state index is 12.5. The van der Waals surface area contributed by atoms with Crippen molar-refractivity contribution in [2.45, 2.75) is 19.1 Å². The van der Waals surface area contributed by atoms with Crippen molar-refractivity contribution >= 4 is 11.7 Å². The van der Waals surface area contributed by atoms with Crippen molar-refractivity contribution in [2.75, 3.05) is 11.9 Å². The van der Waals surface area contributed by atoms with Crippen LogP contribution in [0, 0.1) is 6.92 Å². The van der Waals surface area contributed by atoms with Crippen LogP contribution in [0.4, 0.5) is 10.5 Å². The smallest absolute Gasteiger partial charge is 0.322 e. The van der Waals surface area contributed by atoms with Crippen molar-refractivity contribution in [3.63, 3.8) is 0 Å². The number of carbonyl (C=O) groups is 1. The molecule has 2 atom stereocenters. The molecule has 1 aliphatic heterocycles. The number of hydrogen-bond donors (Lipinski definition) is 2. The van der Waals surface area contributed by atoms with Gasteiger partial charge in [-0.05, 0) is 35.2 Å². The highest BCUT2D eigenvalue weighted by Gasteiger charge is 2.31. The fourth-order valence-electron chi connectivity index (χ4n) is 3.81. The van der Waals surface area contributed by atoms with Gasteiger partial charge in [0.05, 0.1) is 11.7 Å². The number of urea groups is 1. The molecule has 0 bridgehead atoms. The van der Waals surface area contributed by atoms with E-state index in [-0.39, 0.29) is 12.1 Å². The molecule has 2 amide bonds. The molecule has 0 radical (unpaired) electrons. The molecule has 0 aromatic heterocycles. The second-order valence-electron chi connectivity index (χ2n) is 6.94. The van der Waals surface area contributed by atoms with Gasteiger partial charge in [-0.2, -0.15) is 0 Å². The van der Waals surface area contributed by atoms with Crippen molar-refractivity contribution in [3.8, 4) is 0 Å². The Kier molecular flexibility index (Phi) is 4.42. The van der Waals surface area contributed by atoms with Crippen LogP contribution in [0.1, 0.15) is 40.0 Å². The van der Waals surface area contributed by atoms with Gasteiger partial charge in [0, 0.05) is 12.6 Å². The molecule has 0 fully saturated rings. The molecular weight excluding hydrogens is 336 g/mol. The first-order chi connectivity index (χ1) is 13.1. The summed E-state index contributed by atoms with van der Waals surface area (Å²) in [5.41, 5.74) is 5.55. The van der Waals surface area contributed by atoms with Gasteiger partial charge in [0.15, 0.2) is 0 Å². The molecule has 4 rings (SSSR count). The summed E-state index contributed by atoms with van der Waals surface area (Å²) in [5.74, 6) is 0. The number of aliphatic hydroxyl groups excluding tert-OH is 1. The largest absolute Gasteiger partial charge is 0.384 e. The number of anilines is 1. The third kappa shape index (κ3) is 3.09. The lowest BCUT2D eigenvalue weighted by molar-refractivity contribution is 0.220. The van der Waals surface area contributed by atoms with Crippen LogP contribution >= 0.6 is 0 Å². The third-order valence-electron chi connectivity index (χ3n) is 5.14. The SMILES string of the molecule is Cc1cc(C(O)c2ccccc2)cc2c1N(C)C(=O)NC2c1ccccc1. The van der Waals surface area contributed by atoms with E-state index in [2.05, 4.69) is 5.32 Å². The Bertz CT molecular complexity index is 970. The Hall–Kier alpha value is -3.11. The molecule has 4 nitrogen and oxygen atoms in total. The number of nitrogens with one attached hydrogen (secondary N) is 1. The number of nitrogens with zero attached hydrogens (tertiary/aromatic N) is 1. The fourth-order valence-corrected chi connectivity index (χ4v) is 3.81. The van der Waals surface area contributed by atoms with Gasteiger partial charge in [0.1, 0.15) is 6.10 Å². The van der Waals surface area contributed by atoms with Crippen molar-refractivity contribution in [3.05, 3.63) is 101 Å². The fraction of sp³-hybridized carbons (Fsp3) is 0.174. The molecule has 136 valence electrons. The molecule has 27 heavy (non-hydrogen) atoms. The van der Waals surface area contributed by atoms with Gasteiger partial charge < -0.3 is 10.4 Å². The predicted molar refractivity (Wildman–Crippen MR) is 107 cm³/mol. The first-order valence-corrected chi connectivity index (χ1v) is 9.03. The van der Waals surface area contributed by atoms with Gasteiger partial charge in [-0.3, -0.25) is 4.90 Å². The summed E-state index contributed by atoms with van der Waals surface area (Å²) in [6.07, 6.45) is -0.713. The number of benzene rings is 3. The van der Waals surface area contributed by atoms with Crippen LogP contribution in [0.15, 0.2) is 72.8 Å². The Morgan fingerprint density at radius 2 is 1.59 bits per heavy atom. The van der Waals surface area contributed by atoms with Crippen LogP contribution in [0.3, 0.4) is 0 Å². The predicted octanol–water partition coefficient (Wildman–Crippen LogP) is 4.33. The lowest BCUT2D eigenvalue weighted by Gasteiger charge is -2.35. The van der Waals surface area contributed by atoms with Crippen molar-refractivity contribution < 1.29 is 9.90 Å². The minimum atomic E-state index is -0.713. The number of hydrogen-bond acceptors (Lipinski definition) is 2. The van der Waals surface area contributed by atoms with Crippen LogP contribution in [0.2, 0.25) is 0 Å². The summed E-state index contributed by atoms with van der Waals surface area (Å²) in [6.45, 7) is 1.98. The lowest BCUT2D eigenvalue weighted by atomic mass is 9.89. The first kappa shape index (κ1) is 17.3. The van der Waals surface area contributed by atoms with Gasteiger partial charge in [0.2, 0.25) is 0 Å². The quantitative estimate of drug-likeness (QED) is 0.732. The molecule has 0 aliphatic carbocycles. The highest BCUT2D eigenvalue weighted by molar-refractivity contribution is 5.96. The first-order valence-electron chi connectivity index (χ1n) is 9.03. The zero-order valence-corrected chi connectivity index (χ0v) is 15.4. The number of aliphatic hydroxyl groups is 1. The zero-order valence-electron chi connectivity index (χ0n) is 15.4. The summed E-state index contributed by atoms with van der Waals surface area (Å²) in [5, 5.41) is 14.0. The maximum absolute atomic E-state index is 12.5. The maximum Gasteiger partial charge on any atom is 0.322 e. The normalized spacial score (nSPS) is 17.2. The Morgan fingerprint density at radius 1 is 0.963 bits per heavy atom. The minimum absolute atomic E-state index is 0.129. The van der Waals surface area contributed by atoms with Crippen LogP contribution < -0.4 is 10.2 Å². The number of fused-ring (bicyclic) bond motifs is 1. The molecule has 4 heteroatoms. The molecule has 1 heterocycles. The molecule has 0 spiro atoms. The third-order valence-corrected chi connectivity index (χ3v) is 5.14. The van der Waals surface area contributed by atoms with Crippen molar-refractivity contribution in [2.24, 2.45) is 0 Å². The Balaban J connectivity index is 1.86. The van der Waals surface area contributed by atoms with E-state index in [0.717, 1.165) is 33.5 Å². The van der Waals surface area contributed by atoms with Crippen LogP contribution in [0.5, 0.6) is 0 Å². The zero-order chi connectivity index (χ0) is 19.0. The van der Waals surface area contributed by atoms with Crippen LogP contribution in [-0.2, 0) is 0 Å².